The summed E-state index contributed by atoms with van der Waals surface area (Å²) in [5.41, 5.74) is 2.32. The number of carbonyl (C=O) groups excluding carboxylic acids is 2. The molecule has 202 valence electrons. The lowest BCUT2D eigenvalue weighted by molar-refractivity contribution is -0.132. The van der Waals surface area contributed by atoms with Crippen LogP contribution in [-0.2, 0) is 16.0 Å². The first-order valence-corrected chi connectivity index (χ1v) is 12.5. The Bertz CT molecular complexity index is 1510. The summed E-state index contributed by atoms with van der Waals surface area (Å²) in [6.07, 6.45) is -0.951. The van der Waals surface area contributed by atoms with Gasteiger partial charge in [0.25, 0.3) is 6.01 Å². The minimum Gasteiger partial charge on any atom is -0.491 e. The Labute approximate surface area is 227 Å². The summed E-state index contributed by atoms with van der Waals surface area (Å²) in [5.74, 6) is -0.630. The fourth-order valence-electron chi connectivity index (χ4n) is 4.44. The highest BCUT2D eigenvalue weighted by Gasteiger charge is 2.35. The lowest BCUT2D eigenvalue weighted by Crippen LogP contribution is -2.40. The highest BCUT2D eigenvalue weighted by atomic mass is 35.5. The van der Waals surface area contributed by atoms with Gasteiger partial charge in [-0.1, -0.05) is 17.7 Å². The lowest BCUT2D eigenvalue weighted by atomic mass is 10.1. The number of benzene rings is 3. The molecule has 3 aromatic carbocycles. The van der Waals surface area contributed by atoms with Crippen LogP contribution in [-0.4, -0.2) is 54.2 Å². The normalized spacial score (nSPS) is 16.9. The van der Waals surface area contributed by atoms with Gasteiger partial charge in [-0.25, -0.2) is 13.6 Å². The van der Waals surface area contributed by atoms with Crippen molar-refractivity contribution in [2.75, 3.05) is 25.6 Å². The molecular weight excluding hydrogens is 532 g/mol. The molecule has 1 amide bonds. The summed E-state index contributed by atoms with van der Waals surface area (Å²) < 4.78 is 43.7. The van der Waals surface area contributed by atoms with Crippen molar-refractivity contribution in [1.82, 2.24) is 9.88 Å². The van der Waals surface area contributed by atoms with Crippen molar-refractivity contribution in [1.29, 1.82) is 0 Å². The number of ether oxygens (including phenoxy) is 2. The van der Waals surface area contributed by atoms with E-state index in [9.17, 15) is 18.4 Å². The van der Waals surface area contributed by atoms with Crippen LogP contribution in [0.4, 0.5) is 20.5 Å². The predicted molar refractivity (Wildman–Crippen MR) is 141 cm³/mol. The zero-order valence-electron chi connectivity index (χ0n) is 20.8. The molecule has 1 N–H and O–H groups in total. The van der Waals surface area contributed by atoms with Crippen LogP contribution in [0, 0.1) is 5.82 Å². The van der Waals surface area contributed by atoms with Crippen molar-refractivity contribution >= 4 is 46.3 Å². The molecular formula is C28H24ClF2N3O5. The second-order valence-electron chi connectivity index (χ2n) is 9.11. The molecule has 5 rings (SSSR count). The second kappa shape index (κ2) is 11.3. The molecule has 1 aliphatic rings. The number of hydrogen-bond donors (Lipinski definition) is 1. The van der Waals surface area contributed by atoms with Gasteiger partial charge < -0.3 is 24.1 Å². The molecule has 1 fully saturated rings. The summed E-state index contributed by atoms with van der Waals surface area (Å²) in [6.45, 7) is 0.0988. The quantitative estimate of drug-likeness (QED) is 0.278. The van der Waals surface area contributed by atoms with E-state index >= 15 is 0 Å². The average molecular weight is 556 g/mol. The van der Waals surface area contributed by atoms with Crippen LogP contribution in [0.25, 0.3) is 11.1 Å². The summed E-state index contributed by atoms with van der Waals surface area (Å²) in [6, 6.07) is 15.2. The van der Waals surface area contributed by atoms with Crippen molar-refractivity contribution in [2.45, 2.75) is 25.1 Å². The smallest absolute Gasteiger partial charge is 0.337 e. The number of hydrogen-bond acceptors (Lipinski definition) is 7. The topological polar surface area (TPSA) is 93.9 Å². The third-order valence-electron chi connectivity index (χ3n) is 6.38. The Hall–Kier alpha value is -4.18. The predicted octanol–water partition coefficient (Wildman–Crippen LogP) is 5.71. The van der Waals surface area contributed by atoms with E-state index in [1.165, 1.54) is 30.2 Å². The first-order valence-electron chi connectivity index (χ1n) is 12.2. The lowest BCUT2D eigenvalue weighted by Gasteiger charge is -2.24. The molecule has 0 bridgehead atoms. The standard InChI is InChI=1S/C28H24ClF2N3O5/c1-37-27(36)17-3-6-21(7-4-17)38-15-20-12-19(31)14-34(20)26(35)11-16-2-8-23(22(29)10-16)32-28-33-24-13-18(30)5-9-25(24)39-28/h2-10,13,19-20H,11-12,14-15H2,1H3,(H,32,33)/t19-,20-/m0/s1. The largest absolute Gasteiger partial charge is 0.491 e. The molecule has 8 nitrogen and oxygen atoms in total. The monoisotopic (exact) mass is 555 g/mol. The van der Waals surface area contributed by atoms with E-state index < -0.39 is 24.0 Å². The van der Waals surface area contributed by atoms with Gasteiger partial charge in [0.1, 0.15) is 29.9 Å². The number of nitrogens with zero attached hydrogens (tertiary/aromatic N) is 2. The van der Waals surface area contributed by atoms with Crippen LogP contribution in [0.5, 0.6) is 5.75 Å². The minimum atomic E-state index is -1.15. The SMILES string of the molecule is COC(=O)c1ccc(OC[C@@H]2C[C@H](F)CN2C(=O)Cc2ccc(Nc3nc4cc(F)ccc4o3)c(Cl)c2)cc1. The van der Waals surface area contributed by atoms with Crippen molar-refractivity contribution in [3.05, 3.63) is 82.6 Å². The van der Waals surface area contributed by atoms with Crippen LogP contribution in [0.1, 0.15) is 22.3 Å². The zero-order valence-corrected chi connectivity index (χ0v) is 21.6. The molecule has 0 saturated carbocycles. The van der Waals surface area contributed by atoms with Gasteiger partial charge in [-0.3, -0.25) is 4.79 Å². The number of rotatable bonds is 8. The van der Waals surface area contributed by atoms with E-state index in [1.54, 1.807) is 42.5 Å². The Kier molecular flexibility index (Phi) is 7.65. The highest BCUT2D eigenvalue weighted by molar-refractivity contribution is 6.33. The number of likely N-dealkylation sites (tertiary alicyclic amines) is 1. The van der Waals surface area contributed by atoms with Crippen LogP contribution in [0.2, 0.25) is 5.02 Å². The van der Waals surface area contributed by atoms with Crippen molar-refractivity contribution in [2.24, 2.45) is 0 Å². The summed E-state index contributed by atoms with van der Waals surface area (Å²) in [5, 5.41) is 3.28. The second-order valence-corrected chi connectivity index (χ2v) is 9.51. The number of aromatic nitrogens is 1. The molecule has 39 heavy (non-hydrogen) atoms. The van der Waals surface area contributed by atoms with Crippen LogP contribution < -0.4 is 10.1 Å². The summed E-state index contributed by atoms with van der Waals surface area (Å²) >= 11 is 6.43. The maximum absolute atomic E-state index is 14.3. The average Bonchev–Trinajstić information content (AvgIpc) is 3.50. The number of methoxy groups -OCH3 is 1. The molecule has 1 saturated heterocycles. The molecule has 11 heteroatoms. The fraction of sp³-hybridized carbons (Fsp3) is 0.250. The first kappa shape index (κ1) is 26.4. The van der Waals surface area contributed by atoms with E-state index in [1.807, 2.05) is 0 Å². The van der Waals surface area contributed by atoms with E-state index in [4.69, 9.17) is 20.8 Å². The summed E-state index contributed by atoms with van der Waals surface area (Å²) in [4.78, 5) is 30.4. The van der Waals surface area contributed by atoms with E-state index in [0.717, 1.165) is 0 Å². The van der Waals surface area contributed by atoms with Crippen molar-refractivity contribution in [3.63, 3.8) is 0 Å². The van der Waals surface area contributed by atoms with Crippen molar-refractivity contribution in [3.8, 4) is 5.75 Å². The van der Waals surface area contributed by atoms with Crippen LogP contribution in [0.3, 0.4) is 0 Å². The minimum absolute atomic E-state index is 0.0141. The van der Waals surface area contributed by atoms with Gasteiger partial charge in [0.2, 0.25) is 5.91 Å². The first-order chi connectivity index (χ1) is 18.8. The number of esters is 1. The Morgan fingerprint density at radius 3 is 2.69 bits per heavy atom. The van der Waals surface area contributed by atoms with Gasteiger partial charge >= 0.3 is 5.97 Å². The molecule has 0 unspecified atom stereocenters. The van der Waals surface area contributed by atoms with Gasteiger partial charge in [0.15, 0.2) is 5.58 Å². The van der Waals surface area contributed by atoms with E-state index in [-0.39, 0.29) is 37.9 Å². The number of fused-ring (bicyclic) bond motifs is 1. The molecule has 0 aliphatic carbocycles. The van der Waals surface area contributed by atoms with Gasteiger partial charge in [-0.05, 0) is 54.1 Å². The maximum Gasteiger partial charge on any atom is 0.337 e. The number of halogens is 3. The van der Waals surface area contributed by atoms with Gasteiger partial charge in [0, 0.05) is 12.5 Å². The van der Waals surface area contributed by atoms with Gasteiger partial charge in [0.05, 0.1) is 42.4 Å². The van der Waals surface area contributed by atoms with E-state index in [0.29, 0.717) is 38.7 Å². The fourth-order valence-corrected chi connectivity index (χ4v) is 4.69. The van der Waals surface area contributed by atoms with Crippen LogP contribution in [0.15, 0.2) is 65.1 Å². The third-order valence-corrected chi connectivity index (χ3v) is 6.69. The molecule has 0 radical (unpaired) electrons. The maximum atomic E-state index is 14.3. The van der Waals surface area contributed by atoms with Crippen molar-refractivity contribution < 1.29 is 32.3 Å². The highest BCUT2D eigenvalue weighted by Crippen LogP contribution is 2.29. The Morgan fingerprint density at radius 1 is 1.15 bits per heavy atom. The molecule has 2 atom stereocenters. The molecule has 0 spiro atoms. The summed E-state index contributed by atoms with van der Waals surface area (Å²) in [7, 11) is 1.30. The molecule has 1 aromatic heterocycles. The van der Waals surface area contributed by atoms with Gasteiger partial charge in [-0.2, -0.15) is 4.98 Å². The Balaban J connectivity index is 1.20. The third kappa shape index (κ3) is 6.12. The number of anilines is 2. The molecule has 2 heterocycles. The number of carbonyl (C=O) groups is 2. The van der Waals surface area contributed by atoms with Gasteiger partial charge in [-0.15, -0.1) is 0 Å². The number of oxazole rings is 1. The number of alkyl halides is 1. The Morgan fingerprint density at radius 2 is 1.95 bits per heavy atom. The van der Waals surface area contributed by atoms with E-state index in [2.05, 4.69) is 15.0 Å². The van der Waals surface area contributed by atoms with Crippen LogP contribution >= 0.6 is 11.6 Å². The molecule has 4 aromatic rings. The number of nitrogens with one attached hydrogen (secondary N) is 1. The zero-order chi connectivity index (χ0) is 27.5. The number of amides is 1. The molecule has 1 aliphatic heterocycles.